The van der Waals surface area contributed by atoms with Gasteiger partial charge in [0.1, 0.15) is 17.4 Å². The molecule has 1 aliphatic rings. The van der Waals surface area contributed by atoms with Gasteiger partial charge in [0.2, 0.25) is 5.82 Å². The Morgan fingerprint density at radius 2 is 2.12 bits per heavy atom. The van der Waals surface area contributed by atoms with E-state index in [0.717, 1.165) is 18.7 Å². The lowest BCUT2D eigenvalue weighted by Gasteiger charge is -2.02. The van der Waals surface area contributed by atoms with E-state index in [1.165, 1.54) is 16.8 Å². The first-order valence-electron chi connectivity index (χ1n) is 8.02. The van der Waals surface area contributed by atoms with Crippen LogP contribution in [0.4, 0.5) is 4.39 Å². The van der Waals surface area contributed by atoms with Gasteiger partial charge in [0, 0.05) is 5.92 Å². The van der Waals surface area contributed by atoms with Crippen LogP contribution in [-0.2, 0) is 6.54 Å². The number of carbonyl (C=O) groups is 1. The van der Waals surface area contributed by atoms with Crippen LogP contribution >= 0.6 is 0 Å². The minimum Gasteiger partial charge on any atom is -0.444 e. The molecular formula is C17H16FN5O2. The van der Waals surface area contributed by atoms with Gasteiger partial charge in [0.05, 0.1) is 18.4 Å². The predicted octanol–water partition coefficient (Wildman–Crippen LogP) is 2.51. The molecular weight excluding hydrogens is 325 g/mol. The number of benzene rings is 1. The number of nitrogens with zero attached hydrogens (tertiary/aromatic N) is 4. The molecule has 3 aromatic rings. The average Bonchev–Trinajstić information content (AvgIpc) is 3.22. The number of halogens is 1. The molecule has 0 atom stereocenters. The second kappa shape index (κ2) is 6.12. The summed E-state index contributed by atoms with van der Waals surface area (Å²) in [5.41, 5.74) is 0.634. The molecule has 1 aromatic carbocycles. The number of amides is 1. The average molecular weight is 341 g/mol. The number of nitrogens with one attached hydrogen (secondary N) is 1. The fourth-order valence-electron chi connectivity index (χ4n) is 2.48. The highest BCUT2D eigenvalue weighted by molar-refractivity contribution is 5.90. The topological polar surface area (TPSA) is 85.8 Å². The normalized spacial score (nSPS) is 13.8. The highest BCUT2D eigenvalue weighted by Crippen LogP contribution is 2.39. The van der Waals surface area contributed by atoms with Gasteiger partial charge in [-0.05, 0) is 44.0 Å². The van der Waals surface area contributed by atoms with Crippen molar-refractivity contribution in [3.63, 3.8) is 0 Å². The van der Waals surface area contributed by atoms with Crippen molar-refractivity contribution in [3.8, 4) is 5.69 Å². The van der Waals surface area contributed by atoms with Crippen LogP contribution in [0.1, 0.15) is 46.9 Å². The SMILES string of the molecule is Cc1nc(C(=O)NCc2cnc(C3CC3)o2)nn1-c1ccc(F)cc1. The highest BCUT2D eigenvalue weighted by Gasteiger charge is 2.28. The van der Waals surface area contributed by atoms with Gasteiger partial charge >= 0.3 is 0 Å². The summed E-state index contributed by atoms with van der Waals surface area (Å²) in [6, 6.07) is 5.81. The first-order chi connectivity index (χ1) is 12.1. The fourth-order valence-corrected chi connectivity index (χ4v) is 2.48. The molecule has 0 unspecified atom stereocenters. The van der Waals surface area contributed by atoms with Gasteiger partial charge in [0.15, 0.2) is 5.89 Å². The molecule has 0 bridgehead atoms. The molecule has 8 heteroatoms. The number of carbonyl (C=O) groups excluding carboxylic acids is 1. The van der Waals surface area contributed by atoms with Crippen LogP contribution in [0.3, 0.4) is 0 Å². The lowest BCUT2D eigenvalue weighted by Crippen LogP contribution is -2.24. The van der Waals surface area contributed by atoms with Crippen molar-refractivity contribution in [2.24, 2.45) is 0 Å². The second-order valence-corrected chi connectivity index (χ2v) is 5.99. The first kappa shape index (κ1) is 15.5. The quantitative estimate of drug-likeness (QED) is 0.771. The van der Waals surface area contributed by atoms with Crippen LogP contribution in [0.15, 0.2) is 34.9 Å². The van der Waals surface area contributed by atoms with Crippen molar-refractivity contribution in [1.29, 1.82) is 0 Å². The maximum absolute atomic E-state index is 13.0. The summed E-state index contributed by atoms with van der Waals surface area (Å²) >= 11 is 0. The van der Waals surface area contributed by atoms with Gasteiger partial charge in [-0.1, -0.05) is 0 Å². The summed E-state index contributed by atoms with van der Waals surface area (Å²) in [5, 5.41) is 6.91. The van der Waals surface area contributed by atoms with Gasteiger partial charge in [-0.3, -0.25) is 4.79 Å². The molecule has 1 aliphatic carbocycles. The second-order valence-electron chi connectivity index (χ2n) is 5.99. The summed E-state index contributed by atoms with van der Waals surface area (Å²) in [6.45, 7) is 1.95. The Labute approximate surface area is 142 Å². The third kappa shape index (κ3) is 3.28. The third-order valence-corrected chi connectivity index (χ3v) is 3.96. The van der Waals surface area contributed by atoms with Crippen LogP contribution in [0, 0.1) is 12.7 Å². The van der Waals surface area contributed by atoms with E-state index in [9.17, 15) is 9.18 Å². The molecule has 25 heavy (non-hydrogen) atoms. The lowest BCUT2D eigenvalue weighted by molar-refractivity contribution is 0.0937. The van der Waals surface area contributed by atoms with Crippen LogP contribution in [-0.4, -0.2) is 25.7 Å². The number of hydrogen-bond acceptors (Lipinski definition) is 5. The Morgan fingerprint density at radius 1 is 1.36 bits per heavy atom. The van der Waals surface area contributed by atoms with E-state index < -0.39 is 5.91 Å². The Hall–Kier alpha value is -3.03. The van der Waals surface area contributed by atoms with Crippen molar-refractivity contribution < 1.29 is 13.6 Å². The van der Waals surface area contributed by atoms with E-state index in [1.54, 1.807) is 25.3 Å². The third-order valence-electron chi connectivity index (χ3n) is 3.96. The lowest BCUT2D eigenvalue weighted by atomic mass is 10.3. The number of rotatable bonds is 5. The number of oxazole rings is 1. The fraction of sp³-hybridized carbons (Fsp3) is 0.294. The first-order valence-corrected chi connectivity index (χ1v) is 8.02. The summed E-state index contributed by atoms with van der Waals surface area (Å²) in [6.07, 6.45) is 3.84. The molecule has 4 rings (SSSR count). The van der Waals surface area contributed by atoms with E-state index in [2.05, 4.69) is 20.4 Å². The van der Waals surface area contributed by atoms with Crippen LogP contribution in [0.2, 0.25) is 0 Å². The molecule has 2 heterocycles. The van der Waals surface area contributed by atoms with Gasteiger partial charge in [-0.2, -0.15) is 0 Å². The zero-order chi connectivity index (χ0) is 17.4. The van der Waals surface area contributed by atoms with E-state index in [-0.39, 0.29) is 18.2 Å². The summed E-state index contributed by atoms with van der Waals surface area (Å²) < 4.78 is 20.1. The smallest absolute Gasteiger partial charge is 0.291 e. The summed E-state index contributed by atoms with van der Waals surface area (Å²) in [5.74, 6) is 1.60. The number of aryl methyl sites for hydroxylation is 1. The van der Waals surface area contributed by atoms with Crippen molar-refractivity contribution >= 4 is 5.91 Å². The van der Waals surface area contributed by atoms with Gasteiger partial charge in [-0.25, -0.2) is 19.0 Å². The van der Waals surface area contributed by atoms with Gasteiger partial charge in [0.25, 0.3) is 5.91 Å². The molecule has 0 saturated heterocycles. The molecule has 0 spiro atoms. The van der Waals surface area contributed by atoms with Crippen LogP contribution in [0.25, 0.3) is 5.69 Å². The Bertz CT molecular complexity index is 912. The predicted molar refractivity (Wildman–Crippen MR) is 85.7 cm³/mol. The monoisotopic (exact) mass is 341 g/mol. The standard InChI is InChI=1S/C17H16FN5O2/c1-10-21-15(22-23(10)13-6-4-12(18)5-7-13)16(24)19-8-14-9-20-17(25-14)11-2-3-11/h4-7,9,11H,2-3,8H2,1H3,(H,19,24). The Kier molecular flexibility index (Phi) is 3.79. The van der Waals surface area contributed by atoms with Crippen molar-refractivity contribution in [2.45, 2.75) is 32.2 Å². The Balaban J connectivity index is 1.44. The maximum Gasteiger partial charge on any atom is 0.291 e. The molecule has 1 N–H and O–H groups in total. The van der Waals surface area contributed by atoms with Gasteiger partial charge in [-0.15, -0.1) is 5.10 Å². The zero-order valence-electron chi connectivity index (χ0n) is 13.6. The maximum atomic E-state index is 13.0. The zero-order valence-corrected chi connectivity index (χ0v) is 13.6. The van der Waals surface area contributed by atoms with E-state index in [0.29, 0.717) is 23.2 Å². The van der Waals surface area contributed by atoms with E-state index in [1.807, 2.05) is 0 Å². The van der Waals surface area contributed by atoms with Gasteiger partial charge < -0.3 is 9.73 Å². The van der Waals surface area contributed by atoms with Crippen molar-refractivity contribution in [3.05, 3.63) is 59.6 Å². The van der Waals surface area contributed by atoms with Crippen LogP contribution < -0.4 is 5.32 Å². The number of aromatic nitrogens is 4. The molecule has 1 amide bonds. The van der Waals surface area contributed by atoms with Crippen molar-refractivity contribution in [1.82, 2.24) is 25.1 Å². The summed E-state index contributed by atoms with van der Waals surface area (Å²) in [7, 11) is 0. The molecule has 0 radical (unpaired) electrons. The summed E-state index contributed by atoms with van der Waals surface area (Å²) in [4.78, 5) is 20.6. The molecule has 2 aromatic heterocycles. The molecule has 128 valence electrons. The molecule has 1 fully saturated rings. The Morgan fingerprint density at radius 3 is 2.84 bits per heavy atom. The molecule has 7 nitrogen and oxygen atoms in total. The largest absolute Gasteiger partial charge is 0.444 e. The van der Waals surface area contributed by atoms with E-state index in [4.69, 9.17) is 4.42 Å². The number of hydrogen-bond donors (Lipinski definition) is 1. The molecule has 0 aliphatic heterocycles. The van der Waals surface area contributed by atoms with Crippen molar-refractivity contribution in [2.75, 3.05) is 0 Å². The van der Waals surface area contributed by atoms with E-state index >= 15 is 0 Å². The minimum atomic E-state index is -0.409. The highest BCUT2D eigenvalue weighted by atomic mass is 19.1. The molecule has 1 saturated carbocycles. The minimum absolute atomic E-state index is 0.0451. The van der Waals surface area contributed by atoms with Crippen LogP contribution in [0.5, 0.6) is 0 Å².